The van der Waals surface area contributed by atoms with Crippen LogP contribution in [0.3, 0.4) is 0 Å². The quantitative estimate of drug-likeness (QED) is 0.206. The molecule has 3 nitrogen and oxygen atoms in total. The van der Waals surface area contributed by atoms with Crippen LogP contribution in [0.4, 0.5) is 17.2 Å². The minimum Gasteiger partial charge on any atom is -0.454 e. The summed E-state index contributed by atoms with van der Waals surface area (Å²) in [5.74, 6) is 0.914. The first-order valence-corrected chi connectivity index (χ1v) is 15.4. The highest BCUT2D eigenvalue weighted by molar-refractivity contribution is 6.20. The molecule has 9 aromatic rings. The number of furan rings is 1. The second-order valence-electron chi connectivity index (χ2n) is 11.9. The molecule has 3 heterocycles. The average molecular weight is 575 g/mol. The zero-order valence-electron chi connectivity index (χ0n) is 24.6. The Hall–Kier alpha value is -5.93. The number of nitrogens with zero attached hydrogens (tertiary/aromatic N) is 2. The summed E-state index contributed by atoms with van der Waals surface area (Å²) in [5, 5.41) is 8.28. The highest BCUT2D eigenvalue weighted by Crippen LogP contribution is 2.55. The van der Waals surface area contributed by atoms with E-state index in [0.29, 0.717) is 0 Å². The Bertz CT molecular complexity index is 2670. The van der Waals surface area contributed by atoms with Crippen molar-refractivity contribution in [2.75, 3.05) is 4.90 Å². The minimum absolute atomic E-state index is 0.822. The van der Waals surface area contributed by atoms with E-state index in [4.69, 9.17) is 9.40 Å². The average Bonchev–Trinajstić information content (AvgIpc) is 3.46. The molecule has 0 amide bonds. The van der Waals surface area contributed by atoms with E-state index in [1.165, 1.54) is 43.4 Å². The Balaban J connectivity index is 1.41. The maximum absolute atomic E-state index is 6.68. The third-order valence-corrected chi connectivity index (χ3v) is 9.53. The molecule has 0 unspecified atom stereocenters. The van der Waals surface area contributed by atoms with E-state index in [2.05, 4.69) is 139 Å². The highest BCUT2D eigenvalue weighted by atomic mass is 16.3. The van der Waals surface area contributed by atoms with Crippen LogP contribution in [0.2, 0.25) is 0 Å². The number of fused-ring (bicyclic) bond motifs is 8. The molecule has 0 spiro atoms. The molecule has 2 aromatic heterocycles. The standard InChI is InChI=1S/C42H26N2O/c1-25-37(31-19-8-13-26-11-2-4-16-29(26)31)41-39(34-18-6-7-22-36(34)45-41)43-42(25)44-35-21-10-15-28-14-9-20-32(38(28)35)33-24-23-27-12-3-5-17-30(27)40(33)44/h2-24H,1H3. The van der Waals surface area contributed by atoms with Gasteiger partial charge in [-0.15, -0.1) is 0 Å². The van der Waals surface area contributed by atoms with Crippen molar-refractivity contribution in [1.29, 1.82) is 0 Å². The Morgan fingerprint density at radius 1 is 0.533 bits per heavy atom. The third kappa shape index (κ3) is 3.32. The number of hydrogen-bond acceptors (Lipinski definition) is 3. The number of para-hydroxylation sites is 1. The Morgan fingerprint density at radius 3 is 2.02 bits per heavy atom. The van der Waals surface area contributed by atoms with Crippen molar-refractivity contribution in [1.82, 2.24) is 4.98 Å². The van der Waals surface area contributed by atoms with Crippen LogP contribution in [0.1, 0.15) is 5.56 Å². The van der Waals surface area contributed by atoms with Crippen molar-refractivity contribution < 1.29 is 4.42 Å². The summed E-state index contributed by atoms with van der Waals surface area (Å²) in [5.41, 5.74) is 10.6. The molecule has 1 aliphatic heterocycles. The fourth-order valence-corrected chi connectivity index (χ4v) is 7.56. The van der Waals surface area contributed by atoms with Crippen LogP contribution < -0.4 is 4.90 Å². The lowest BCUT2D eigenvalue weighted by atomic mass is 9.88. The molecule has 0 saturated carbocycles. The summed E-state index contributed by atoms with van der Waals surface area (Å²) in [6.45, 7) is 2.21. The number of hydrogen-bond donors (Lipinski definition) is 0. The topological polar surface area (TPSA) is 29.3 Å². The van der Waals surface area contributed by atoms with Crippen LogP contribution in [-0.2, 0) is 0 Å². The van der Waals surface area contributed by atoms with Crippen LogP contribution in [0.15, 0.2) is 144 Å². The molecule has 0 atom stereocenters. The van der Waals surface area contributed by atoms with Gasteiger partial charge < -0.3 is 4.42 Å². The van der Waals surface area contributed by atoms with Gasteiger partial charge in [-0.3, -0.25) is 4.90 Å². The lowest BCUT2D eigenvalue weighted by molar-refractivity contribution is 0.669. The first kappa shape index (κ1) is 24.5. The Morgan fingerprint density at radius 2 is 1.18 bits per heavy atom. The molecule has 0 bridgehead atoms. The van der Waals surface area contributed by atoms with E-state index < -0.39 is 0 Å². The van der Waals surface area contributed by atoms with Gasteiger partial charge in [0.05, 0.1) is 11.4 Å². The van der Waals surface area contributed by atoms with Crippen molar-refractivity contribution in [3.63, 3.8) is 0 Å². The van der Waals surface area contributed by atoms with Crippen LogP contribution in [0.5, 0.6) is 0 Å². The smallest absolute Gasteiger partial charge is 0.162 e. The van der Waals surface area contributed by atoms with Crippen LogP contribution >= 0.6 is 0 Å². The van der Waals surface area contributed by atoms with Crippen LogP contribution in [0.25, 0.3) is 76.6 Å². The van der Waals surface area contributed by atoms with Gasteiger partial charge in [0.1, 0.15) is 16.9 Å². The number of pyridine rings is 1. The third-order valence-electron chi connectivity index (χ3n) is 9.53. The number of aromatic nitrogens is 1. The maximum Gasteiger partial charge on any atom is 0.162 e. The molecule has 3 heteroatoms. The van der Waals surface area contributed by atoms with Gasteiger partial charge in [0, 0.05) is 32.8 Å². The zero-order chi connectivity index (χ0) is 29.6. The summed E-state index contributed by atoms with van der Waals surface area (Å²) < 4.78 is 6.68. The van der Waals surface area contributed by atoms with Crippen molar-refractivity contribution >= 4 is 71.6 Å². The summed E-state index contributed by atoms with van der Waals surface area (Å²) in [6.07, 6.45) is 0. The molecule has 0 fully saturated rings. The first-order chi connectivity index (χ1) is 22.3. The maximum atomic E-state index is 6.68. The van der Waals surface area contributed by atoms with E-state index in [9.17, 15) is 0 Å². The fourth-order valence-electron chi connectivity index (χ4n) is 7.56. The van der Waals surface area contributed by atoms with Crippen molar-refractivity contribution in [3.05, 3.63) is 145 Å². The SMILES string of the molecule is Cc1c(N2c3c(ccc4ccccc34)-c3cccc4cccc2c34)nc2c(oc3ccccc32)c1-c1cccc2ccccc12. The summed E-state index contributed by atoms with van der Waals surface area (Å²) in [7, 11) is 0. The second-order valence-corrected chi connectivity index (χ2v) is 11.9. The van der Waals surface area contributed by atoms with Gasteiger partial charge in [-0.25, -0.2) is 4.98 Å². The summed E-state index contributed by atoms with van der Waals surface area (Å²) in [6, 6.07) is 49.9. The molecule has 0 aliphatic carbocycles. The molecule has 1 aliphatic rings. The van der Waals surface area contributed by atoms with Gasteiger partial charge in [-0.2, -0.15) is 0 Å². The second kappa shape index (κ2) is 9.04. The predicted molar refractivity (Wildman–Crippen MR) is 188 cm³/mol. The molecule has 0 saturated heterocycles. The van der Waals surface area contributed by atoms with Crippen molar-refractivity contribution in [3.8, 4) is 22.3 Å². The van der Waals surface area contributed by atoms with Crippen molar-refractivity contribution in [2.24, 2.45) is 0 Å². The highest BCUT2D eigenvalue weighted by Gasteiger charge is 2.31. The normalized spacial score (nSPS) is 12.5. The lowest BCUT2D eigenvalue weighted by Gasteiger charge is -2.35. The zero-order valence-corrected chi connectivity index (χ0v) is 24.6. The molecule has 10 rings (SSSR count). The monoisotopic (exact) mass is 574 g/mol. The number of anilines is 3. The fraction of sp³-hybridized carbons (Fsp3) is 0.0238. The Labute approximate surface area is 259 Å². The van der Waals surface area contributed by atoms with Crippen molar-refractivity contribution in [2.45, 2.75) is 6.92 Å². The summed E-state index contributed by atoms with van der Waals surface area (Å²) in [4.78, 5) is 7.97. The molecule has 210 valence electrons. The minimum atomic E-state index is 0.822. The van der Waals surface area contributed by atoms with E-state index in [0.717, 1.165) is 56.0 Å². The van der Waals surface area contributed by atoms with E-state index in [1.807, 2.05) is 12.1 Å². The lowest BCUT2D eigenvalue weighted by Crippen LogP contribution is -2.18. The van der Waals surface area contributed by atoms with Gasteiger partial charge in [0.25, 0.3) is 0 Å². The van der Waals surface area contributed by atoms with Crippen LogP contribution in [0, 0.1) is 6.92 Å². The molecular formula is C42H26N2O. The van der Waals surface area contributed by atoms with Gasteiger partial charge in [0.2, 0.25) is 0 Å². The molecule has 7 aromatic carbocycles. The predicted octanol–water partition coefficient (Wildman–Crippen LogP) is 11.9. The molecule has 0 N–H and O–H groups in total. The van der Waals surface area contributed by atoms with E-state index in [-0.39, 0.29) is 0 Å². The van der Waals surface area contributed by atoms with E-state index in [1.54, 1.807) is 0 Å². The van der Waals surface area contributed by atoms with Gasteiger partial charge in [-0.05, 0) is 57.8 Å². The van der Waals surface area contributed by atoms with Gasteiger partial charge in [-0.1, -0.05) is 121 Å². The van der Waals surface area contributed by atoms with Gasteiger partial charge in [0.15, 0.2) is 5.58 Å². The van der Waals surface area contributed by atoms with Gasteiger partial charge >= 0.3 is 0 Å². The molecular weight excluding hydrogens is 548 g/mol. The molecule has 45 heavy (non-hydrogen) atoms. The largest absolute Gasteiger partial charge is 0.454 e. The number of benzene rings is 7. The molecule has 0 radical (unpaired) electrons. The van der Waals surface area contributed by atoms with E-state index >= 15 is 0 Å². The first-order valence-electron chi connectivity index (χ1n) is 15.4. The Kier molecular flexibility index (Phi) is 4.92. The summed E-state index contributed by atoms with van der Waals surface area (Å²) >= 11 is 0. The van der Waals surface area contributed by atoms with Crippen LogP contribution in [-0.4, -0.2) is 4.98 Å². The number of rotatable bonds is 2.